The average Bonchev–Trinajstić information content (AvgIpc) is 2.17. The average molecular weight is 197 g/mol. The zero-order valence-corrected chi connectivity index (χ0v) is 8.07. The number of aliphatic hydroxyl groups is 2. The first kappa shape index (κ1) is 10.7. The van der Waals surface area contributed by atoms with E-state index in [-0.39, 0.29) is 13.2 Å². The van der Waals surface area contributed by atoms with Gasteiger partial charge in [0.25, 0.3) is 0 Å². The molecular formula is C9H15N3O2. The molecule has 0 fully saturated rings. The Morgan fingerprint density at radius 2 is 2.36 bits per heavy atom. The zero-order chi connectivity index (χ0) is 10.6. The predicted octanol–water partition coefficient (Wildman–Crippen LogP) is -0.181. The molecule has 0 aromatic carbocycles. The second-order valence-corrected chi connectivity index (χ2v) is 3.47. The lowest BCUT2D eigenvalue weighted by Crippen LogP contribution is -2.37. The lowest BCUT2D eigenvalue weighted by molar-refractivity contribution is 0.0132. The smallest absolute Gasteiger partial charge is 0.102 e. The quantitative estimate of drug-likeness (QED) is 0.537. The SMILES string of the molecule is CC(O)(CO)CNc1cnccc1N. The molecule has 0 saturated heterocycles. The largest absolute Gasteiger partial charge is 0.397 e. The van der Waals surface area contributed by atoms with E-state index in [2.05, 4.69) is 10.3 Å². The van der Waals surface area contributed by atoms with Crippen molar-refractivity contribution in [2.45, 2.75) is 12.5 Å². The summed E-state index contributed by atoms with van der Waals surface area (Å²) in [6.07, 6.45) is 3.16. The Bertz CT molecular complexity index is 302. The van der Waals surface area contributed by atoms with Crippen molar-refractivity contribution < 1.29 is 10.2 Å². The molecular weight excluding hydrogens is 182 g/mol. The summed E-state index contributed by atoms with van der Waals surface area (Å²) >= 11 is 0. The second kappa shape index (κ2) is 4.26. The van der Waals surface area contributed by atoms with Gasteiger partial charge in [0.1, 0.15) is 5.60 Å². The lowest BCUT2D eigenvalue weighted by Gasteiger charge is -2.21. The molecule has 1 heterocycles. The van der Waals surface area contributed by atoms with E-state index in [1.807, 2.05) is 0 Å². The first-order chi connectivity index (χ1) is 6.55. The molecule has 78 valence electrons. The molecule has 0 aliphatic heterocycles. The topological polar surface area (TPSA) is 91.4 Å². The third-order valence-electron chi connectivity index (χ3n) is 1.86. The van der Waals surface area contributed by atoms with Gasteiger partial charge in [-0.05, 0) is 13.0 Å². The van der Waals surface area contributed by atoms with Gasteiger partial charge >= 0.3 is 0 Å². The molecule has 0 saturated carbocycles. The van der Waals surface area contributed by atoms with Gasteiger partial charge in [0.2, 0.25) is 0 Å². The van der Waals surface area contributed by atoms with E-state index in [1.54, 1.807) is 18.5 Å². The summed E-state index contributed by atoms with van der Waals surface area (Å²) in [7, 11) is 0. The Kier molecular flexibility index (Phi) is 3.27. The van der Waals surface area contributed by atoms with Gasteiger partial charge in [-0.3, -0.25) is 4.98 Å². The highest BCUT2D eigenvalue weighted by molar-refractivity contribution is 5.64. The summed E-state index contributed by atoms with van der Waals surface area (Å²) in [6, 6.07) is 1.66. The molecule has 1 aromatic heterocycles. The maximum absolute atomic E-state index is 9.50. The van der Waals surface area contributed by atoms with Crippen molar-refractivity contribution in [3.8, 4) is 0 Å². The fraction of sp³-hybridized carbons (Fsp3) is 0.444. The third kappa shape index (κ3) is 2.86. The van der Waals surface area contributed by atoms with E-state index in [9.17, 15) is 5.11 Å². The van der Waals surface area contributed by atoms with E-state index in [0.29, 0.717) is 11.4 Å². The Morgan fingerprint density at radius 3 is 2.93 bits per heavy atom. The van der Waals surface area contributed by atoms with Gasteiger partial charge in [-0.1, -0.05) is 0 Å². The highest BCUT2D eigenvalue weighted by Crippen LogP contribution is 2.16. The number of hydrogen-bond acceptors (Lipinski definition) is 5. The van der Waals surface area contributed by atoms with E-state index in [1.165, 1.54) is 6.92 Å². The van der Waals surface area contributed by atoms with Crippen molar-refractivity contribution in [2.75, 3.05) is 24.2 Å². The van der Waals surface area contributed by atoms with Crippen LogP contribution in [0.25, 0.3) is 0 Å². The Hall–Kier alpha value is -1.33. The van der Waals surface area contributed by atoms with Crippen molar-refractivity contribution in [2.24, 2.45) is 0 Å². The zero-order valence-electron chi connectivity index (χ0n) is 8.07. The molecule has 5 nitrogen and oxygen atoms in total. The fourth-order valence-corrected chi connectivity index (χ4v) is 0.894. The van der Waals surface area contributed by atoms with Crippen LogP contribution in [0.4, 0.5) is 11.4 Å². The van der Waals surface area contributed by atoms with E-state index in [4.69, 9.17) is 10.8 Å². The molecule has 0 aliphatic rings. The molecule has 5 N–H and O–H groups in total. The van der Waals surface area contributed by atoms with E-state index < -0.39 is 5.60 Å². The predicted molar refractivity (Wildman–Crippen MR) is 54.8 cm³/mol. The van der Waals surface area contributed by atoms with Crippen LogP contribution in [0.1, 0.15) is 6.92 Å². The molecule has 1 unspecified atom stereocenters. The number of pyridine rings is 1. The molecule has 14 heavy (non-hydrogen) atoms. The summed E-state index contributed by atoms with van der Waals surface area (Å²) in [6.45, 7) is 1.45. The molecule has 1 rings (SSSR count). The third-order valence-corrected chi connectivity index (χ3v) is 1.86. The number of aromatic nitrogens is 1. The van der Waals surface area contributed by atoms with Crippen LogP contribution in [0.3, 0.4) is 0 Å². The van der Waals surface area contributed by atoms with E-state index >= 15 is 0 Å². The maximum Gasteiger partial charge on any atom is 0.102 e. The van der Waals surface area contributed by atoms with Crippen LogP contribution in [-0.2, 0) is 0 Å². The van der Waals surface area contributed by atoms with Crippen LogP contribution >= 0.6 is 0 Å². The van der Waals surface area contributed by atoms with Gasteiger partial charge in [0.05, 0.1) is 24.2 Å². The number of nitrogens with zero attached hydrogens (tertiary/aromatic N) is 1. The number of nitrogens with two attached hydrogens (primary N) is 1. The number of rotatable bonds is 4. The van der Waals surface area contributed by atoms with Gasteiger partial charge in [-0.25, -0.2) is 0 Å². The first-order valence-electron chi connectivity index (χ1n) is 4.32. The Morgan fingerprint density at radius 1 is 1.64 bits per heavy atom. The standard InChI is InChI=1S/C9H15N3O2/c1-9(14,6-13)5-12-8-4-11-3-2-7(8)10/h2-4,12-14H,5-6H2,1H3,(H2,10,11). The van der Waals surface area contributed by atoms with Gasteiger partial charge in [-0.2, -0.15) is 0 Å². The van der Waals surface area contributed by atoms with Crippen molar-refractivity contribution in [1.82, 2.24) is 4.98 Å². The first-order valence-corrected chi connectivity index (χ1v) is 4.32. The minimum absolute atomic E-state index is 0.222. The Balaban J connectivity index is 2.58. The van der Waals surface area contributed by atoms with Crippen molar-refractivity contribution >= 4 is 11.4 Å². The molecule has 0 amide bonds. The molecule has 0 aliphatic carbocycles. The molecule has 5 heteroatoms. The maximum atomic E-state index is 9.50. The van der Waals surface area contributed by atoms with E-state index in [0.717, 1.165) is 0 Å². The molecule has 1 aromatic rings. The molecule has 0 radical (unpaired) electrons. The van der Waals surface area contributed by atoms with Crippen LogP contribution in [0.15, 0.2) is 18.5 Å². The van der Waals surface area contributed by atoms with Gasteiger partial charge < -0.3 is 21.3 Å². The number of nitrogen functional groups attached to an aromatic ring is 1. The summed E-state index contributed by atoms with van der Waals surface area (Å²) in [4.78, 5) is 3.89. The number of nitrogens with one attached hydrogen (secondary N) is 1. The number of aliphatic hydroxyl groups excluding tert-OH is 1. The minimum Gasteiger partial charge on any atom is -0.397 e. The summed E-state index contributed by atoms with van der Waals surface area (Å²) < 4.78 is 0. The van der Waals surface area contributed by atoms with Crippen LogP contribution in [0.2, 0.25) is 0 Å². The van der Waals surface area contributed by atoms with Gasteiger partial charge in [0.15, 0.2) is 0 Å². The summed E-state index contributed by atoms with van der Waals surface area (Å²) in [5.74, 6) is 0. The van der Waals surface area contributed by atoms with Gasteiger partial charge in [0, 0.05) is 12.7 Å². The number of hydrogen-bond donors (Lipinski definition) is 4. The van der Waals surface area contributed by atoms with Crippen molar-refractivity contribution in [3.05, 3.63) is 18.5 Å². The Labute approximate surface area is 82.6 Å². The molecule has 0 spiro atoms. The van der Waals surface area contributed by atoms with Crippen LogP contribution in [0.5, 0.6) is 0 Å². The van der Waals surface area contributed by atoms with Gasteiger partial charge in [-0.15, -0.1) is 0 Å². The monoisotopic (exact) mass is 197 g/mol. The van der Waals surface area contributed by atoms with Crippen molar-refractivity contribution in [1.29, 1.82) is 0 Å². The highest BCUT2D eigenvalue weighted by atomic mass is 16.3. The normalized spacial score (nSPS) is 14.8. The van der Waals surface area contributed by atoms with Crippen LogP contribution in [0, 0.1) is 0 Å². The molecule has 1 atom stereocenters. The summed E-state index contributed by atoms with van der Waals surface area (Å²) in [5.41, 5.74) is 5.71. The van der Waals surface area contributed by atoms with Crippen molar-refractivity contribution in [3.63, 3.8) is 0 Å². The molecule has 0 bridgehead atoms. The van der Waals surface area contributed by atoms with Crippen LogP contribution < -0.4 is 11.1 Å². The number of anilines is 2. The lowest BCUT2D eigenvalue weighted by atomic mass is 10.1. The summed E-state index contributed by atoms with van der Waals surface area (Å²) in [5, 5.41) is 21.2. The second-order valence-electron chi connectivity index (χ2n) is 3.47. The highest BCUT2D eigenvalue weighted by Gasteiger charge is 2.18. The fourth-order valence-electron chi connectivity index (χ4n) is 0.894. The minimum atomic E-state index is -1.15. The van der Waals surface area contributed by atoms with Crippen LogP contribution in [-0.4, -0.2) is 33.9 Å².